The molecule has 0 saturated heterocycles. The van der Waals surface area contributed by atoms with Crippen molar-refractivity contribution in [1.29, 1.82) is 0 Å². The first-order chi connectivity index (χ1) is 15.2. The summed E-state index contributed by atoms with van der Waals surface area (Å²) in [6, 6.07) is 23.1. The van der Waals surface area contributed by atoms with Crippen LogP contribution in [0.4, 0.5) is 5.69 Å². The minimum atomic E-state index is -0.306. The standard InChI is InChI=1S/C24H18N4O2S/c29-22(15-28-20-7-3-1-5-18(20)25-14-24(28)30)26-17-11-9-16(10-12-17)13-23-27-19-6-2-4-8-21(19)31-23/h1-12,14H,13,15H2,(H,26,29). The lowest BCUT2D eigenvalue weighted by molar-refractivity contribution is -0.116. The summed E-state index contributed by atoms with van der Waals surface area (Å²) in [4.78, 5) is 33.6. The molecule has 1 amide bonds. The van der Waals surface area contributed by atoms with Crippen molar-refractivity contribution in [3.63, 3.8) is 0 Å². The van der Waals surface area contributed by atoms with Crippen LogP contribution in [0.5, 0.6) is 0 Å². The Morgan fingerprint density at radius 3 is 2.48 bits per heavy atom. The van der Waals surface area contributed by atoms with Gasteiger partial charge in [0.25, 0.3) is 5.56 Å². The van der Waals surface area contributed by atoms with Crippen molar-refractivity contribution >= 4 is 44.2 Å². The molecule has 2 aromatic heterocycles. The van der Waals surface area contributed by atoms with Crippen molar-refractivity contribution in [1.82, 2.24) is 14.5 Å². The highest BCUT2D eigenvalue weighted by atomic mass is 32.1. The smallest absolute Gasteiger partial charge is 0.269 e. The molecular weight excluding hydrogens is 408 g/mol. The molecule has 5 aromatic rings. The van der Waals surface area contributed by atoms with Crippen LogP contribution in [-0.4, -0.2) is 20.4 Å². The summed E-state index contributed by atoms with van der Waals surface area (Å²) in [6.45, 7) is -0.0741. The second-order valence-electron chi connectivity index (χ2n) is 7.17. The number of nitrogens with one attached hydrogen (secondary N) is 1. The van der Waals surface area contributed by atoms with Gasteiger partial charge in [0.1, 0.15) is 6.54 Å². The van der Waals surface area contributed by atoms with Gasteiger partial charge in [-0.3, -0.25) is 14.2 Å². The van der Waals surface area contributed by atoms with Gasteiger partial charge >= 0.3 is 0 Å². The van der Waals surface area contributed by atoms with Crippen LogP contribution in [0.3, 0.4) is 0 Å². The van der Waals surface area contributed by atoms with Gasteiger partial charge in [0.2, 0.25) is 5.91 Å². The first-order valence-electron chi connectivity index (χ1n) is 9.83. The number of benzene rings is 3. The molecule has 0 atom stereocenters. The largest absolute Gasteiger partial charge is 0.325 e. The summed E-state index contributed by atoms with van der Waals surface area (Å²) >= 11 is 1.69. The second kappa shape index (κ2) is 8.12. The van der Waals surface area contributed by atoms with Gasteiger partial charge < -0.3 is 5.32 Å². The highest BCUT2D eigenvalue weighted by molar-refractivity contribution is 7.18. The Bertz CT molecular complexity index is 1420. The van der Waals surface area contributed by atoms with Gasteiger partial charge in [-0.1, -0.05) is 36.4 Å². The van der Waals surface area contributed by atoms with E-state index in [0.29, 0.717) is 16.7 Å². The van der Waals surface area contributed by atoms with Gasteiger partial charge in [-0.15, -0.1) is 11.3 Å². The maximum Gasteiger partial charge on any atom is 0.269 e. The van der Waals surface area contributed by atoms with E-state index in [0.717, 1.165) is 22.5 Å². The number of hydrogen-bond donors (Lipinski definition) is 1. The number of aromatic nitrogens is 3. The van der Waals surface area contributed by atoms with E-state index in [-0.39, 0.29) is 18.0 Å². The summed E-state index contributed by atoms with van der Waals surface area (Å²) < 4.78 is 2.61. The molecule has 0 aliphatic rings. The van der Waals surface area contributed by atoms with Gasteiger partial charge in [-0.2, -0.15) is 0 Å². The zero-order chi connectivity index (χ0) is 21.2. The molecule has 5 rings (SSSR count). The highest BCUT2D eigenvalue weighted by Crippen LogP contribution is 2.24. The fourth-order valence-electron chi connectivity index (χ4n) is 3.50. The van der Waals surface area contributed by atoms with E-state index in [1.807, 2.05) is 60.7 Å². The molecule has 7 heteroatoms. The molecule has 0 saturated carbocycles. The first-order valence-corrected chi connectivity index (χ1v) is 10.7. The summed E-state index contributed by atoms with van der Waals surface area (Å²) in [7, 11) is 0. The highest BCUT2D eigenvalue weighted by Gasteiger charge is 2.10. The predicted octanol–water partition coefficient (Wildman–Crippen LogP) is 4.24. The van der Waals surface area contributed by atoms with Crippen LogP contribution < -0.4 is 10.9 Å². The Balaban J connectivity index is 1.28. The Kier molecular flexibility index (Phi) is 5.01. The quantitative estimate of drug-likeness (QED) is 0.456. The summed E-state index contributed by atoms with van der Waals surface area (Å²) in [5.41, 5.74) is 3.83. The molecule has 0 bridgehead atoms. The lowest BCUT2D eigenvalue weighted by Crippen LogP contribution is -2.27. The SMILES string of the molecule is O=C(Cn1c(=O)cnc2ccccc21)Nc1ccc(Cc2nc3ccccc3s2)cc1. The Hall–Kier alpha value is -3.84. The summed E-state index contributed by atoms with van der Waals surface area (Å²) in [5, 5.41) is 3.92. The first kappa shape index (κ1) is 19.1. The van der Waals surface area contributed by atoms with Crippen molar-refractivity contribution in [3.05, 3.63) is 99.9 Å². The van der Waals surface area contributed by atoms with Crippen molar-refractivity contribution in [2.75, 3.05) is 5.32 Å². The fraction of sp³-hybridized carbons (Fsp3) is 0.0833. The number of thiazole rings is 1. The van der Waals surface area contributed by atoms with Crippen molar-refractivity contribution in [2.24, 2.45) is 0 Å². The number of hydrogen-bond acceptors (Lipinski definition) is 5. The van der Waals surface area contributed by atoms with Gasteiger partial charge in [0.15, 0.2) is 0 Å². The van der Waals surface area contributed by atoms with Crippen LogP contribution >= 0.6 is 11.3 Å². The van der Waals surface area contributed by atoms with Crippen LogP contribution in [0.1, 0.15) is 10.6 Å². The monoisotopic (exact) mass is 426 g/mol. The van der Waals surface area contributed by atoms with Gasteiger partial charge in [-0.25, -0.2) is 9.97 Å². The topological polar surface area (TPSA) is 76.9 Å². The number of rotatable bonds is 5. The molecule has 0 unspecified atom stereocenters. The minimum absolute atomic E-state index is 0.0741. The maximum atomic E-state index is 12.6. The lowest BCUT2D eigenvalue weighted by Gasteiger charge is -2.10. The van der Waals surface area contributed by atoms with Crippen molar-refractivity contribution in [2.45, 2.75) is 13.0 Å². The van der Waals surface area contributed by atoms with Gasteiger partial charge in [0.05, 0.1) is 32.5 Å². The van der Waals surface area contributed by atoms with E-state index in [9.17, 15) is 9.59 Å². The number of anilines is 1. The third-order valence-electron chi connectivity index (χ3n) is 4.99. The normalized spacial score (nSPS) is 11.1. The third kappa shape index (κ3) is 4.08. The molecular formula is C24H18N4O2S. The van der Waals surface area contributed by atoms with Crippen LogP contribution in [0.25, 0.3) is 21.3 Å². The number of fused-ring (bicyclic) bond motifs is 2. The van der Waals surface area contributed by atoms with Crippen LogP contribution in [-0.2, 0) is 17.8 Å². The summed E-state index contributed by atoms with van der Waals surface area (Å²) in [5.74, 6) is -0.266. The number of amides is 1. The molecule has 31 heavy (non-hydrogen) atoms. The molecule has 0 aliphatic heterocycles. The Morgan fingerprint density at radius 2 is 1.68 bits per heavy atom. The van der Waals surface area contributed by atoms with E-state index in [1.54, 1.807) is 17.4 Å². The molecule has 152 valence electrons. The van der Waals surface area contributed by atoms with E-state index in [4.69, 9.17) is 0 Å². The Morgan fingerprint density at radius 1 is 0.935 bits per heavy atom. The summed E-state index contributed by atoms with van der Waals surface area (Å²) in [6.07, 6.45) is 1.98. The van der Waals surface area contributed by atoms with Crippen LogP contribution in [0.2, 0.25) is 0 Å². The number of carbonyl (C=O) groups excluding carboxylic acids is 1. The average molecular weight is 427 g/mol. The molecule has 6 nitrogen and oxygen atoms in total. The van der Waals surface area contributed by atoms with E-state index in [1.165, 1.54) is 15.5 Å². The molecule has 0 fully saturated rings. The fourth-order valence-corrected chi connectivity index (χ4v) is 4.50. The predicted molar refractivity (Wildman–Crippen MR) is 124 cm³/mol. The third-order valence-corrected chi connectivity index (χ3v) is 6.02. The van der Waals surface area contributed by atoms with Gasteiger partial charge in [-0.05, 0) is 42.0 Å². The van der Waals surface area contributed by atoms with E-state index < -0.39 is 0 Å². The molecule has 0 spiro atoms. The minimum Gasteiger partial charge on any atom is -0.325 e. The zero-order valence-electron chi connectivity index (χ0n) is 16.5. The molecule has 0 aliphatic carbocycles. The number of para-hydroxylation sites is 3. The zero-order valence-corrected chi connectivity index (χ0v) is 17.3. The van der Waals surface area contributed by atoms with Crippen molar-refractivity contribution in [3.8, 4) is 0 Å². The van der Waals surface area contributed by atoms with E-state index in [2.05, 4.69) is 21.4 Å². The number of carbonyl (C=O) groups is 1. The Labute approximate surface area is 181 Å². The molecule has 0 radical (unpaired) electrons. The van der Waals surface area contributed by atoms with Crippen molar-refractivity contribution < 1.29 is 4.79 Å². The lowest BCUT2D eigenvalue weighted by atomic mass is 10.1. The number of nitrogens with zero attached hydrogens (tertiary/aromatic N) is 3. The van der Waals surface area contributed by atoms with Gasteiger partial charge in [0, 0.05) is 12.1 Å². The van der Waals surface area contributed by atoms with Crippen LogP contribution in [0, 0.1) is 0 Å². The van der Waals surface area contributed by atoms with Crippen LogP contribution in [0.15, 0.2) is 83.8 Å². The molecule has 2 heterocycles. The second-order valence-corrected chi connectivity index (χ2v) is 8.28. The average Bonchev–Trinajstić information content (AvgIpc) is 3.19. The molecule has 1 N–H and O–H groups in total. The maximum absolute atomic E-state index is 12.6. The van der Waals surface area contributed by atoms with E-state index >= 15 is 0 Å². The molecule has 3 aromatic carbocycles.